The van der Waals surface area contributed by atoms with Crippen LogP contribution in [0, 0.1) is 0 Å². The molecule has 0 heterocycles. The molecule has 0 unspecified atom stereocenters. The molecule has 21 heavy (non-hydrogen) atoms. The lowest BCUT2D eigenvalue weighted by Crippen LogP contribution is -2.31. The number of hydrogen-bond donors (Lipinski definition) is 3. The number of carbonyl (C=O) groups excluding carboxylic acids is 1. The summed E-state index contributed by atoms with van der Waals surface area (Å²) in [5.74, 6) is -0.202. The van der Waals surface area contributed by atoms with Crippen molar-refractivity contribution in [1.82, 2.24) is 15.4 Å². The molecule has 1 aliphatic carbocycles. The number of nitrogens with one attached hydrogen (secondary N) is 3. The Labute approximate surface area is 125 Å². The predicted molar refractivity (Wildman–Crippen MR) is 80.7 cm³/mol. The van der Waals surface area contributed by atoms with Gasteiger partial charge in [0, 0.05) is 24.7 Å². The molecule has 1 aliphatic rings. The summed E-state index contributed by atoms with van der Waals surface area (Å²) in [4.78, 5) is 12.0. The molecule has 6 nitrogen and oxygen atoms in total. The fourth-order valence-electron chi connectivity index (χ4n) is 1.82. The van der Waals surface area contributed by atoms with Crippen molar-refractivity contribution < 1.29 is 13.2 Å². The Morgan fingerprint density at radius 2 is 1.86 bits per heavy atom. The van der Waals surface area contributed by atoms with Crippen LogP contribution in [0.3, 0.4) is 0 Å². The molecule has 1 aromatic carbocycles. The molecular formula is C14H21N3O3S. The van der Waals surface area contributed by atoms with E-state index in [2.05, 4.69) is 15.4 Å². The van der Waals surface area contributed by atoms with E-state index in [9.17, 15) is 13.2 Å². The number of rotatable bonds is 8. The number of sulfonamides is 1. The van der Waals surface area contributed by atoms with E-state index >= 15 is 0 Å². The van der Waals surface area contributed by atoms with E-state index in [-0.39, 0.29) is 16.8 Å². The minimum Gasteiger partial charge on any atom is -0.351 e. The second-order valence-electron chi connectivity index (χ2n) is 5.03. The molecule has 0 bridgehead atoms. The van der Waals surface area contributed by atoms with Crippen molar-refractivity contribution >= 4 is 15.9 Å². The third-order valence-corrected chi connectivity index (χ3v) is 4.70. The van der Waals surface area contributed by atoms with Crippen LogP contribution < -0.4 is 15.4 Å². The third-order valence-electron chi connectivity index (χ3n) is 3.16. The average molecular weight is 311 g/mol. The maximum atomic E-state index is 12.0. The van der Waals surface area contributed by atoms with Crippen molar-refractivity contribution in [3.8, 4) is 0 Å². The van der Waals surface area contributed by atoms with Gasteiger partial charge < -0.3 is 10.6 Å². The van der Waals surface area contributed by atoms with Crippen LogP contribution >= 0.6 is 0 Å². The summed E-state index contributed by atoms with van der Waals surface area (Å²) in [6.07, 6.45) is 1.79. The predicted octanol–water partition coefficient (Wildman–Crippen LogP) is 0.467. The van der Waals surface area contributed by atoms with E-state index in [1.54, 1.807) is 0 Å². The quantitative estimate of drug-likeness (QED) is 0.609. The number of likely N-dealkylation sites (N-methyl/N-ethyl adjacent to an activating group) is 1. The Morgan fingerprint density at radius 1 is 1.19 bits per heavy atom. The molecule has 0 atom stereocenters. The van der Waals surface area contributed by atoms with E-state index in [1.807, 2.05) is 6.92 Å². The molecule has 1 fully saturated rings. The van der Waals surface area contributed by atoms with Gasteiger partial charge in [-0.25, -0.2) is 13.1 Å². The first kappa shape index (κ1) is 15.9. The second kappa shape index (κ2) is 7.02. The monoisotopic (exact) mass is 311 g/mol. The molecule has 1 aromatic rings. The van der Waals surface area contributed by atoms with E-state index in [0.29, 0.717) is 18.7 Å². The van der Waals surface area contributed by atoms with Gasteiger partial charge in [-0.05, 0) is 43.7 Å². The highest BCUT2D eigenvalue weighted by molar-refractivity contribution is 7.89. The third kappa shape index (κ3) is 4.80. The van der Waals surface area contributed by atoms with Crippen LogP contribution in [-0.2, 0) is 10.0 Å². The van der Waals surface area contributed by atoms with Gasteiger partial charge in [-0.1, -0.05) is 6.92 Å². The molecule has 2 rings (SSSR count). The molecule has 0 aliphatic heterocycles. The zero-order valence-corrected chi connectivity index (χ0v) is 12.9. The lowest BCUT2D eigenvalue weighted by molar-refractivity contribution is 0.0954. The van der Waals surface area contributed by atoms with Crippen molar-refractivity contribution in [2.75, 3.05) is 19.6 Å². The molecular weight excluding hydrogens is 290 g/mol. The van der Waals surface area contributed by atoms with Crippen LogP contribution in [0.15, 0.2) is 29.2 Å². The molecule has 0 radical (unpaired) electrons. The summed E-state index contributed by atoms with van der Waals surface area (Å²) in [7, 11) is -3.46. The van der Waals surface area contributed by atoms with Gasteiger partial charge in [-0.3, -0.25) is 4.79 Å². The molecule has 1 saturated carbocycles. The molecule has 0 aromatic heterocycles. The summed E-state index contributed by atoms with van der Waals surface area (Å²) < 4.78 is 26.6. The van der Waals surface area contributed by atoms with Crippen LogP contribution in [0.2, 0.25) is 0 Å². The molecule has 3 N–H and O–H groups in total. The van der Waals surface area contributed by atoms with Gasteiger partial charge in [0.05, 0.1) is 4.90 Å². The number of benzene rings is 1. The maximum Gasteiger partial charge on any atom is 0.251 e. The first-order valence-corrected chi connectivity index (χ1v) is 8.62. The zero-order chi connectivity index (χ0) is 15.3. The number of amides is 1. The Morgan fingerprint density at radius 3 is 2.43 bits per heavy atom. The van der Waals surface area contributed by atoms with Gasteiger partial charge in [-0.2, -0.15) is 0 Å². The Hall–Kier alpha value is -1.44. The smallest absolute Gasteiger partial charge is 0.251 e. The van der Waals surface area contributed by atoms with Crippen LogP contribution in [0.25, 0.3) is 0 Å². The number of carbonyl (C=O) groups is 1. The van der Waals surface area contributed by atoms with Crippen molar-refractivity contribution in [3.63, 3.8) is 0 Å². The molecule has 1 amide bonds. The lowest BCUT2D eigenvalue weighted by atomic mass is 10.2. The summed E-state index contributed by atoms with van der Waals surface area (Å²) in [6, 6.07) is 6.06. The fourth-order valence-corrected chi connectivity index (χ4v) is 3.12. The van der Waals surface area contributed by atoms with Crippen LogP contribution in [0.4, 0.5) is 0 Å². The summed E-state index contributed by atoms with van der Waals surface area (Å²) >= 11 is 0. The van der Waals surface area contributed by atoms with E-state index in [1.165, 1.54) is 24.3 Å². The fraction of sp³-hybridized carbons (Fsp3) is 0.500. The molecule has 7 heteroatoms. The van der Waals surface area contributed by atoms with E-state index in [0.717, 1.165) is 19.4 Å². The minimum absolute atomic E-state index is 0.0732. The first-order chi connectivity index (χ1) is 10.0. The van der Waals surface area contributed by atoms with Gasteiger partial charge in [-0.15, -0.1) is 0 Å². The maximum absolute atomic E-state index is 12.0. The summed E-state index contributed by atoms with van der Waals surface area (Å²) in [5, 5.41) is 5.87. The SMILES string of the molecule is CCNCCNC(=O)c1ccc(S(=O)(=O)NC2CC2)cc1. The molecule has 0 saturated heterocycles. The standard InChI is InChI=1S/C14H21N3O3S/c1-2-15-9-10-16-14(18)11-3-7-13(8-4-11)21(19,20)17-12-5-6-12/h3-4,7-8,12,15,17H,2,5-6,9-10H2,1H3,(H,16,18). The van der Waals surface area contributed by atoms with Gasteiger partial charge in [0.1, 0.15) is 0 Å². The second-order valence-corrected chi connectivity index (χ2v) is 6.74. The number of hydrogen-bond acceptors (Lipinski definition) is 4. The first-order valence-electron chi connectivity index (χ1n) is 7.14. The van der Waals surface area contributed by atoms with Crippen molar-refractivity contribution in [3.05, 3.63) is 29.8 Å². The Kier molecular flexibility index (Phi) is 5.33. The average Bonchev–Trinajstić information content (AvgIpc) is 3.27. The Balaban J connectivity index is 1.93. The lowest BCUT2D eigenvalue weighted by Gasteiger charge is -2.08. The molecule has 0 spiro atoms. The van der Waals surface area contributed by atoms with Crippen molar-refractivity contribution in [2.24, 2.45) is 0 Å². The highest BCUT2D eigenvalue weighted by Crippen LogP contribution is 2.22. The van der Waals surface area contributed by atoms with Gasteiger partial charge >= 0.3 is 0 Å². The van der Waals surface area contributed by atoms with E-state index < -0.39 is 10.0 Å². The molecule has 116 valence electrons. The van der Waals surface area contributed by atoms with Crippen LogP contribution in [-0.4, -0.2) is 40.0 Å². The summed E-state index contributed by atoms with van der Waals surface area (Å²) in [6.45, 7) is 4.10. The highest BCUT2D eigenvalue weighted by atomic mass is 32.2. The summed E-state index contributed by atoms with van der Waals surface area (Å²) in [5.41, 5.74) is 0.455. The zero-order valence-electron chi connectivity index (χ0n) is 12.1. The van der Waals surface area contributed by atoms with Gasteiger partial charge in [0.15, 0.2) is 0 Å². The highest BCUT2D eigenvalue weighted by Gasteiger charge is 2.27. The van der Waals surface area contributed by atoms with Gasteiger partial charge in [0.2, 0.25) is 10.0 Å². The van der Waals surface area contributed by atoms with Crippen molar-refractivity contribution in [1.29, 1.82) is 0 Å². The minimum atomic E-state index is -3.46. The topological polar surface area (TPSA) is 87.3 Å². The normalized spacial score (nSPS) is 14.9. The van der Waals surface area contributed by atoms with Crippen LogP contribution in [0.1, 0.15) is 30.1 Å². The largest absolute Gasteiger partial charge is 0.351 e. The Bertz CT molecular complexity index is 580. The van der Waals surface area contributed by atoms with Crippen LogP contribution in [0.5, 0.6) is 0 Å². The van der Waals surface area contributed by atoms with Crippen molar-refractivity contribution in [2.45, 2.75) is 30.7 Å². The van der Waals surface area contributed by atoms with Gasteiger partial charge in [0.25, 0.3) is 5.91 Å². The van der Waals surface area contributed by atoms with E-state index in [4.69, 9.17) is 0 Å².